The predicted octanol–water partition coefficient (Wildman–Crippen LogP) is 3.01. The smallest absolute Gasteiger partial charge is 0.316 e. The van der Waals surface area contributed by atoms with Crippen molar-refractivity contribution in [2.24, 2.45) is 0 Å². The lowest BCUT2D eigenvalue weighted by Gasteiger charge is -2.08. The SMILES string of the molecule is Cc1ccc(O[S@@](=O)Nc2cccc3nccnc23)cc1. The van der Waals surface area contributed by atoms with Crippen LogP contribution in [0.4, 0.5) is 5.69 Å². The van der Waals surface area contributed by atoms with E-state index < -0.39 is 11.3 Å². The quantitative estimate of drug-likeness (QED) is 0.804. The minimum Gasteiger partial charge on any atom is -0.385 e. The van der Waals surface area contributed by atoms with E-state index in [0.717, 1.165) is 11.1 Å². The molecule has 0 amide bonds. The van der Waals surface area contributed by atoms with Crippen molar-refractivity contribution in [1.29, 1.82) is 0 Å². The van der Waals surface area contributed by atoms with Gasteiger partial charge in [0, 0.05) is 12.4 Å². The van der Waals surface area contributed by atoms with Gasteiger partial charge >= 0.3 is 11.3 Å². The maximum absolute atomic E-state index is 12.0. The minimum atomic E-state index is -1.70. The maximum atomic E-state index is 12.0. The molecule has 0 aliphatic carbocycles. The highest BCUT2D eigenvalue weighted by atomic mass is 32.2. The van der Waals surface area contributed by atoms with Crippen molar-refractivity contribution in [1.82, 2.24) is 9.97 Å². The fourth-order valence-corrected chi connectivity index (χ4v) is 2.54. The minimum absolute atomic E-state index is 0.540. The van der Waals surface area contributed by atoms with Crippen LogP contribution in [0.25, 0.3) is 11.0 Å². The largest absolute Gasteiger partial charge is 0.385 e. The van der Waals surface area contributed by atoms with E-state index in [9.17, 15) is 4.21 Å². The molecule has 0 spiro atoms. The van der Waals surface area contributed by atoms with Gasteiger partial charge in [0.05, 0.1) is 11.2 Å². The molecule has 0 bridgehead atoms. The van der Waals surface area contributed by atoms with Crippen molar-refractivity contribution in [2.45, 2.75) is 6.92 Å². The first-order chi connectivity index (χ1) is 10.2. The molecule has 1 aromatic heterocycles. The van der Waals surface area contributed by atoms with Crippen molar-refractivity contribution in [2.75, 3.05) is 4.72 Å². The molecule has 0 aliphatic rings. The summed E-state index contributed by atoms with van der Waals surface area (Å²) in [6.07, 6.45) is 3.21. The van der Waals surface area contributed by atoms with Gasteiger partial charge in [-0.05, 0) is 31.2 Å². The number of benzene rings is 2. The van der Waals surface area contributed by atoms with Crippen LogP contribution >= 0.6 is 0 Å². The van der Waals surface area contributed by atoms with E-state index in [0.29, 0.717) is 17.0 Å². The molecule has 1 heterocycles. The zero-order valence-corrected chi connectivity index (χ0v) is 12.1. The molecule has 0 saturated heterocycles. The van der Waals surface area contributed by atoms with Gasteiger partial charge in [-0.3, -0.25) is 14.7 Å². The highest BCUT2D eigenvalue weighted by Gasteiger charge is 2.07. The lowest BCUT2D eigenvalue weighted by molar-refractivity contribution is 0.567. The lowest BCUT2D eigenvalue weighted by atomic mass is 10.2. The number of para-hydroxylation sites is 1. The molecule has 0 saturated carbocycles. The van der Waals surface area contributed by atoms with E-state index in [2.05, 4.69) is 14.7 Å². The Morgan fingerprint density at radius 1 is 1.05 bits per heavy atom. The summed E-state index contributed by atoms with van der Waals surface area (Å²) in [6.45, 7) is 1.98. The highest BCUT2D eigenvalue weighted by molar-refractivity contribution is 7.82. The second-order valence-electron chi connectivity index (χ2n) is 4.46. The summed E-state index contributed by atoms with van der Waals surface area (Å²) in [7, 11) is 0. The molecule has 1 atom stereocenters. The summed E-state index contributed by atoms with van der Waals surface area (Å²) in [6, 6.07) is 12.8. The van der Waals surface area contributed by atoms with Crippen LogP contribution in [0.3, 0.4) is 0 Å². The molecular weight excluding hydrogens is 286 g/mol. The average Bonchev–Trinajstić information content (AvgIpc) is 2.50. The molecule has 3 aromatic rings. The number of nitrogens with zero attached hydrogens (tertiary/aromatic N) is 2. The summed E-state index contributed by atoms with van der Waals surface area (Å²) in [4.78, 5) is 8.44. The van der Waals surface area contributed by atoms with Crippen LogP contribution in [0.2, 0.25) is 0 Å². The van der Waals surface area contributed by atoms with Crippen molar-refractivity contribution < 1.29 is 8.39 Å². The normalized spacial score (nSPS) is 12.0. The first-order valence-electron chi connectivity index (χ1n) is 6.35. The Labute approximate surface area is 124 Å². The fourth-order valence-electron chi connectivity index (χ4n) is 1.87. The molecule has 0 radical (unpaired) electrons. The number of hydrogen-bond donors (Lipinski definition) is 1. The van der Waals surface area contributed by atoms with Crippen molar-refractivity contribution >= 4 is 28.0 Å². The van der Waals surface area contributed by atoms with E-state index in [1.807, 2.05) is 31.2 Å². The summed E-state index contributed by atoms with van der Waals surface area (Å²) in [5.74, 6) is 0.540. The number of anilines is 1. The standard InChI is InChI=1S/C15H13N3O2S/c1-11-5-7-12(8-6-11)20-21(19)18-14-4-2-3-13-15(14)17-10-9-16-13/h2-10,18H,1H3/t21-/m1/s1. The number of aromatic nitrogens is 2. The zero-order valence-electron chi connectivity index (χ0n) is 11.3. The molecule has 21 heavy (non-hydrogen) atoms. The van der Waals surface area contributed by atoms with E-state index in [4.69, 9.17) is 4.18 Å². The Morgan fingerprint density at radius 2 is 1.81 bits per heavy atom. The van der Waals surface area contributed by atoms with Gasteiger partial charge in [0.1, 0.15) is 11.3 Å². The number of aryl methyl sites for hydroxylation is 1. The Morgan fingerprint density at radius 3 is 2.62 bits per heavy atom. The number of hydrogen-bond acceptors (Lipinski definition) is 4. The molecule has 2 aromatic carbocycles. The highest BCUT2D eigenvalue weighted by Crippen LogP contribution is 2.20. The molecule has 1 N–H and O–H groups in total. The number of rotatable bonds is 4. The Kier molecular flexibility index (Phi) is 3.79. The zero-order chi connectivity index (χ0) is 14.7. The van der Waals surface area contributed by atoms with Crippen molar-refractivity contribution in [3.8, 4) is 5.75 Å². The first kappa shape index (κ1) is 13.5. The molecule has 0 fully saturated rings. The van der Waals surface area contributed by atoms with Gasteiger partial charge in [-0.1, -0.05) is 23.8 Å². The van der Waals surface area contributed by atoms with Gasteiger partial charge in [0.15, 0.2) is 0 Å². The third-order valence-corrected chi connectivity index (χ3v) is 3.62. The van der Waals surface area contributed by atoms with Gasteiger partial charge in [0.25, 0.3) is 0 Å². The molecular formula is C15H13N3O2S. The van der Waals surface area contributed by atoms with Crippen LogP contribution in [0, 0.1) is 6.92 Å². The monoisotopic (exact) mass is 299 g/mol. The van der Waals surface area contributed by atoms with Crippen LogP contribution in [0.5, 0.6) is 5.75 Å². The number of fused-ring (bicyclic) bond motifs is 1. The van der Waals surface area contributed by atoms with Gasteiger partial charge in [-0.2, -0.15) is 4.21 Å². The second-order valence-corrected chi connectivity index (χ2v) is 5.30. The van der Waals surface area contributed by atoms with Crippen LogP contribution in [0.1, 0.15) is 5.56 Å². The van der Waals surface area contributed by atoms with E-state index >= 15 is 0 Å². The van der Waals surface area contributed by atoms with Crippen LogP contribution in [-0.4, -0.2) is 14.2 Å². The topological polar surface area (TPSA) is 64.1 Å². The molecule has 0 aliphatic heterocycles. The molecule has 3 rings (SSSR count). The molecule has 5 nitrogen and oxygen atoms in total. The molecule has 0 unspecified atom stereocenters. The lowest BCUT2D eigenvalue weighted by Crippen LogP contribution is -2.11. The summed E-state index contributed by atoms with van der Waals surface area (Å²) >= 11 is -1.70. The molecule has 6 heteroatoms. The van der Waals surface area contributed by atoms with Crippen molar-refractivity contribution in [3.63, 3.8) is 0 Å². The third kappa shape index (κ3) is 3.17. The summed E-state index contributed by atoms with van der Waals surface area (Å²) in [5, 5.41) is 0. The van der Waals surface area contributed by atoms with E-state index in [1.165, 1.54) is 0 Å². The fraction of sp³-hybridized carbons (Fsp3) is 0.0667. The van der Waals surface area contributed by atoms with Gasteiger partial charge < -0.3 is 4.18 Å². The summed E-state index contributed by atoms with van der Waals surface area (Å²) in [5.41, 5.74) is 3.12. The Balaban J connectivity index is 1.79. The van der Waals surface area contributed by atoms with Gasteiger partial charge in [-0.25, -0.2) is 0 Å². The number of nitrogens with one attached hydrogen (secondary N) is 1. The Hall–Kier alpha value is -2.47. The van der Waals surface area contributed by atoms with Gasteiger partial charge in [-0.15, -0.1) is 0 Å². The maximum Gasteiger partial charge on any atom is 0.316 e. The van der Waals surface area contributed by atoms with Crippen molar-refractivity contribution in [3.05, 3.63) is 60.4 Å². The predicted molar refractivity (Wildman–Crippen MR) is 83.1 cm³/mol. The average molecular weight is 299 g/mol. The van der Waals surface area contributed by atoms with E-state index in [-0.39, 0.29) is 0 Å². The second kappa shape index (κ2) is 5.88. The van der Waals surface area contributed by atoms with Crippen LogP contribution < -0.4 is 8.91 Å². The first-order valence-corrected chi connectivity index (χ1v) is 7.43. The van der Waals surface area contributed by atoms with Gasteiger partial charge in [0.2, 0.25) is 0 Å². The third-order valence-electron chi connectivity index (χ3n) is 2.88. The molecule has 106 valence electrons. The van der Waals surface area contributed by atoms with Crippen LogP contribution in [-0.2, 0) is 11.3 Å². The Bertz CT molecular complexity index is 785. The van der Waals surface area contributed by atoms with E-state index in [1.54, 1.807) is 30.6 Å². The summed E-state index contributed by atoms with van der Waals surface area (Å²) < 4.78 is 20.2. The van der Waals surface area contributed by atoms with Crippen LogP contribution in [0.15, 0.2) is 54.9 Å².